The number of aliphatic hydroxyl groups excluding tert-OH is 2. The highest BCUT2D eigenvalue weighted by molar-refractivity contribution is 5.70. The predicted octanol–water partition coefficient (Wildman–Crippen LogP) is 7.18. The van der Waals surface area contributed by atoms with Crippen LogP contribution in [0.15, 0.2) is 109 Å². The molecule has 0 saturated carbocycles. The van der Waals surface area contributed by atoms with Gasteiger partial charge >= 0.3 is 6.09 Å². The van der Waals surface area contributed by atoms with E-state index in [-0.39, 0.29) is 18.4 Å². The van der Waals surface area contributed by atoms with Gasteiger partial charge in [0.2, 0.25) is 0 Å². The first-order chi connectivity index (χ1) is 19.9. The van der Waals surface area contributed by atoms with E-state index in [1.165, 1.54) is 16.0 Å². The number of benzene rings is 2. The number of amides is 1. The largest absolute Gasteiger partial charge is 0.508 e. The number of allylic oxidation sites excluding steroid dienone is 4. The zero-order valence-corrected chi connectivity index (χ0v) is 23.9. The summed E-state index contributed by atoms with van der Waals surface area (Å²) >= 11 is 0. The summed E-state index contributed by atoms with van der Waals surface area (Å²) in [6.07, 6.45) is 8.34. The lowest BCUT2D eigenvalue weighted by Gasteiger charge is -2.27. The van der Waals surface area contributed by atoms with Crippen LogP contribution in [0.3, 0.4) is 0 Å². The number of ether oxygens (including phenoxy) is 3. The Labute approximate surface area is 243 Å². The zero-order valence-electron chi connectivity index (χ0n) is 23.9. The van der Waals surface area contributed by atoms with Gasteiger partial charge in [0.05, 0.1) is 19.3 Å². The van der Waals surface area contributed by atoms with Crippen LogP contribution < -0.4 is 0 Å². The zero-order chi connectivity index (χ0) is 29.6. The standard InChI is InChI=1S/C22H25NO6.C9H10.C3H6/c24-17-8-4-7-15(18(13-17)21-27-11-12-28-21)9-10-20(25)23-19(14-29-22(23)26)16-5-2-1-3-6-16;1-3-9-7-5-4-6-8(9)2;1-3-2/h1-3,5-8,13,19-21,24-25H,4,9-12,14H2;3-7H,1H2,2H3;3H,1H2,2H3. The van der Waals surface area contributed by atoms with Crippen molar-refractivity contribution in [1.82, 2.24) is 4.90 Å². The molecule has 2 atom stereocenters. The number of carbonyl (C=O) groups is 1. The topological polar surface area (TPSA) is 88.5 Å². The van der Waals surface area contributed by atoms with Gasteiger partial charge in [-0.1, -0.05) is 79.4 Å². The molecule has 2 saturated heterocycles. The van der Waals surface area contributed by atoms with Crippen LogP contribution in [0.2, 0.25) is 0 Å². The molecule has 5 rings (SSSR count). The van der Waals surface area contributed by atoms with Gasteiger partial charge in [0.15, 0.2) is 6.29 Å². The van der Waals surface area contributed by atoms with Crippen LogP contribution in [0.25, 0.3) is 6.08 Å². The summed E-state index contributed by atoms with van der Waals surface area (Å²) in [6, 6.07) is 17.4. The highest BCUT2D eigenvalue weighted by Gasteiger charge is 2.38. The minimum absolute atomic E-state index is 0.165. The highest BCUT2D eigenvalue weighted by Crippen LogP contribution is 2.33. The van der Waals surface area contributed by atoms with Crippen molar-refractivity contribution in [3.63, 3.8) is 0 Å². The van der Waals surface area contributed by atoms with E-state index in [0.29, 0.717) is 32.5 Å². The maximum Gasteiger partial charge on any atom is 0.412 e. The first-order valence-corrected chi connectivity index (χ1v) is 13.9. The second-order valence-corrected chi connectivity index (χ2v) is 9.67. The number of carbonyl (C=O) groups excluding carboxylic acids is 1. The maximum atomic E-state index is 12.3. The third-order valence-corrected chi connectivity index (χ3v) is 6.74. The fourth-order valence-electron chi connectivity index (χ4n) is 4.69. The Kier molecular flexibility index (Phi) is 12.6. The first-order valence-electron chi connectivity index (χ1n) is 13.9. The lowest BCUT2D eigenvalue weighted by Crippen LogP contribution is -2.38. The summed E-state index contributed by atoms with van der Waals surface area (Å²) in [4.78, 5) is 13.7. The minimum atomic E-state index is -0.993. The Balaban J connectivity index is 0.000000323. The van der Waals surface area contributed by atoms with Crippen LogP contribution in [-0.4, -0.2) is 53.5 Å². The number of hydrogen-bond donors (Lipinski definition) is 2. The number of cyclic esters (lactones) is 1. The smallest absolute Gasteiger partial charge is 0.412 e. The number of aryl methyl sites for hydroxylation is 1. The number of aliphatic hydroxyl groups is 2. The molecule has 3 aliphatic rings. The molecule has 7 heteroatoms. The summed E-state index contributed by atoms with van der Waals surface area (Å²) in [5.41, 5.74) is 5.11. The molecule has 2 aliphatic heterocycles. The van der Waals surface area contributed by atoms with E-state index in [1.807, 2.05) is 61.5 Å². The van der Waals surface area contributed by atoms with Crippen molar-refractivity contribution in [2.45, 2.75) is 51.7 Å². The van der Waals surface area contributed by atoms with Gasteiger partial charge in [0.1, 0.15) is 18.6 Å². The van der Waals surface area contributed by atoms with Gasteiger partial charge in [-0.3, -0.25) is 4.90 Å². The molecule has 0 aromatic heterocycles. The van der Waals surface area contributed by atoms with Crippen LogP contribution in [-0.2, 0) is 14.2 Å². The van der Waals surface area contributed by atoms with Crippen LogP contribution in [0.5, 0.6) is 0 Å². The summed E-state index contributed by atoms with van der Waals surface area (Å²) in [6.45, 7) is 12.2. The Morgan fingerprint density at radius 3 is 2.34 bits per heavy atom. The van der Waals surface area contributed by atoms with E-state index in [2.05, 4.69) is 32.2 Å². The van der Waals surface area contributed by atoms with Gasteiger partial charge in [-0.15, -0.1) is 6.58 Å². The minimum Gasteiger partial charge on any atom is -0.508 e. The summed E-state index contributed by atoms with van der Waals surface area (Å²) in [5, 5.41) is 20.8. The lowest BCUT2D eigenvalue weighted by atomic mass is 9.98. The van der Waals surface area contributed by atoms with Gasteiger partial charge < -0.3 is 24.4 Å². The van der Waals surface area contributed by atoms with Crippen molar-refractivity contribution in [2.24, 2.45) is 0 Å². The molecule has 2 aromatic carbocycles. The second kappa shape index (κ2) is 16.4. The Morgan fingerprint density at radius 1 is 1.05 bits per heavy atom. The van der Waals surface area contributed by atoms with Crippen molar-refractivity contribution in [3.8, 4) is 0 Å². The number of nitrogens with zero attached hydrogens (tertiary/aromatic N) is 1. The fraction of sp³-hybridized carbons (Fsp3) is 0.324. The van der Waals surface area contributed by atoms with Gasteiger partial charge in [-0.05, 0) is 67.5 Å². The van der Waals surface area contributed by atoms with Gasteiger partial charge in [0.25, 0.3) is 0 Å². The van der Waals surface area contributed by atoms with Crippen LogP contribution in [0, 0.1) is 6.92 Å². The molecule has 7 nitrogen and oxygen atoms in total. The van der Waals surface area contributed by atoms with E-state index in [1.54, 1.807) is 18.2 Å². The molecule has 41 heavy (non-hydrogen) atoms. The molecule has 0 spiro atoms. The van der Waals surface area contributed by atoms with Crippen LogP contribution in [0.4, 0.5) is 4.79 Å². The quantitative estimate of drug-likeness (QED) is 0.350. The molecule has 2 unspecified atom stereocenters. The molecule has 0 bridgehead atoms. The average molecular weight is 560 g/mol. The van der Waals surface area contributed by atoms with E-state index in [4.69, 9.17) is 14.2 Å². The summed E-state index contributed by atoms with van der Waals surface area (Å²) < 4.78 is 16.4. The average Bonchev–Trinajstić information content (AvgIpc) is 3.61. The first kappa shape index (κ1) is 31.6. The van der Waals surface area contributed by atoms with Crippen molar-refractivity contribution >= 4 is 12.2 Å². The predicted molar refractivity (Wildman–Crippen MR) is 162 cm³/mol. The number of rotatable bonds is 7. The molecule has 2 heterocycles. The summed E-state index contributed by atoms with van der Waals surface area (Å²) in [5.74, 6) is 0.165. The number of hydrogen-bond acceptors (Lipinski definition) is 6. The molecule has 1 amide bonds. The van der Waals surface area contributed by atoms with Crippen molar-refractivity contribution < 1.29 is 29.2 Å². The Bertz CT molecular complexity index is 1240. The SMILES string of the molecule is C=CC.C=Cc1ccccc1C.O=C1OCC(c2ccccc2)N1C(O)CCC1=CCC=C(O)C=C1C1OCCO1. The third-order valence-electron chi connectivity index (χ3n) is 6.74. The van der Waals surface area contributed by atoms with E-state index in [9.17, 15) is 15.0 Å². The molecule has 1 aliphatic carbocycles. The lowest BCUT2D eigenvalue weighted by molar-refractivity contribution is -0.0109. The van der Waals surface area contributed by atoms with E-state index < -0.39 is 18.6 Å². The van der Waals surface area contributed by atoms with Crippen molar-refractivity contribution in [3.05, 3.63) is 126 Å². The monoisotopic (exact) mass is 559 g/mol. The third kappa shape index (κ3) is 9.05. The maximum absolute atomic E-state index is 12.3. The van der Waals surface area contributed by atoms with E-state index in [0.717, 1.165) is 16.7 Å². The molecule has 2 fully saturated rings. The van der Waals surface area contributed by atoms with E-state index >= 15 is 0 Å². The fourth-order valence-corrected chi connectivity index (χ4v) is 4.69. The summed E-state index contributed by atoms with van der Waals surface area (Å²) in [7, 11) is 0. The molecular weight excluding hydrogens is 518 g/mol. The normalized spacial score (nSPS) is 19.2. The molecule has 218 valence electrons. The molecule has 2 aromatic rings. The highest BCUT2D eigenvalue weighted by atomic mass is 16.7. The van der Waals surface area contributed by atoms with Crippen LogP contribution in [0.1, 0.15) is 48.9 Å². The van der Waals surface area contributed by atoms with Gasteiger partial charge in [-0.2, -0.15) is 0 Å². The molecular formula is C34H41NO6. The Hall–Kier alpha value is -3.91. The van der Waals surface area contributed by atoms with Gasteiger partial charge in [0, 0.05) is 5.57 Å². The Morgan fingerprint density at radius 2 is 1.71 bits per heavy atom. The van der Waals surface area contributed by atoms with Crippen molar-refractivity contribution in [2.75, 3.05) is 19.8 Å². The van der Waals surface area contributed by atoms with Crippen LogP contribution >= 0.6 is 0 Å². The van der Waals surface area contributed by atoms with Gasteiger partial charge in [-0.25, -0.2) is 4.79 Å². The second-order valence-electron chi connectivity index (χ2n) is 9.67. The molecule has 0 radical (unpaired) electrons. The molecule has 2 N–H and O–H groups in total. The van der Waals surface area contributed by atoms with Crippen molar-refractivity contribution in [1.29, 1.82) is 0 Å².